The van der Waals surface area contributed by atoms with Gasteiger partial charge in [0.15, 0.2) is 0 Å². The van der Waals surface area contributed by atoms with E-state index in [-0.39, 0.29) is 0 Å². The Kier molecular flexibility index (Phi) is 2.78. The van der Waals surface area contributed by atoms with Gasteiger partial charge in [-0.05, 0) is 26.8 Å². The molecular formula is C12H15N5O. The van der Waals surface area contributed by atoms with E-state index >= 15 is 0 Å². The van der Waals surface area contributed by atoms with Gasteiger partial charge in [0, 0.05) is 17.5 Å². The first kappa shape index (κ1) is 12.1. The van der Waals surface area contributed by atoms with Crippen LogP contribution in [0.5, 0.6) is 0 Å². The van der Waals surface area contributed by atoms with Crippen molar-refractivity contribution in [2.75, 3.05) is 5.73 Å². The van der Waals surface area contributed by atoms with Crippen LogP contribution in [0.3, 0.4) is 0 Å². The molecule has 0 saturated carbocycles. The highest BCUT2D eigenvalue weighted by atomic mass is 16.1. The summed E-state index contributed by atoms with van der Waals surface area (Å²) >= 11 is 0. The van der Waals surface area contributed by atoms with Crippen LogP contribution in [-0.4, -0.2) is 20.7 Å². The van der Waals surface area contributed by atoms with Gasteiger partial charge in [-0.3, -0.25) is 9.78 Å². The number of anilines is 1. The van der Waals surface area contributed by atoms with Gasteiger partial charge in [-0.25, -0.2) is 4.68 Å². The van der Waals surface area contributed by atoms with Crippen molar-refractivity contribution in [2.24, 2.45) is 5.73 Å². The average Bonchev–Trinajstić information content (AvgIpc) is 2.57. The van der Waals surface area contributed by atoms with Gasteiger partial charge in [0.05, 0.1) is 16.9 Å². The van der Waals surface area contributed by atoms with Gasteiger partial charge in [0.25, 0.3) is 5.91 Å². The lowest BCUT2D eigenvalue weighted by molar-refractivity contribution is 0.0999. The molecule has 94 valence electrons. The summed E-state index contributed by atoms with van der Waals surface area (Å²) < 4.78 is 1.56. The number of nitrogens with two attached hydrogens (primary N) is 2. The molecule has 0 unspecified atom stereocenters. The van der Waals surface area contributed by atoms with E-state index in [1.165, 1.54) is 0 Å². The third-order valence-corrected chi connectivity index (χ3v) is 2.74. The predicted octanol–water partition coefficient (Wildman–Crippen LogP) is 0.874. The molecule has 0 spiro atoms. The average molecular weight is 245 g/mol. The maximum Gasteiger partial charge on any atom is 0.252 e. The molecule has 0 saturated heterocycles. The Morgan fingerprint density at radius 2 is 2.00 bits per heavy atom. The van der Waals surface area contributed by atoms with E-state index in [1.807, 2.05) is 13.8 Å². The van der Waals surface area contributed by atoms with Crippen LogP contribution in [0.1, 0.15) is 27.3 Å². The molecular weight excluding hydrogens is 230 g/mol. The van der Waals surface area contributed by atoms with Crippen LogP contribution in [0.25, 0.3) is 5.69 Å². The molecule has 0 atom stereocenters. The Labute approximate surface area is 105 Å². The Morgan fingerprint density at radius 1 is 1.33 bits per heavy atom. The number of rotatable bonds is 2. The highest BCUT2D eigenvalue weighted by Gasteiger charge is 2.16. The van der Waals surface area contributed by atoms with Gasteiger partial charge in [-0.1, -0.05) is 0 Å². The Hall–Kier alpha value is -2.37. The van der Waals surface area contributed by atoms with E-state index in [2.05, 4.69) is 10.1 Å². The summed E-state index contributed by atoms with van der Waals surface area (Å²) in [4.78, 5) is 15.8. The monoisotopic (exact) mass is 245 g/mol. The molecule has 0 aromatic carbocycles. The van der Waals surface area contributed by atoms with E-state index in [4.69, 9.17) is 11.5 Å². The van der Waals surface area contributed by atoms with Crippen molar-refractivity contribution >= 4 is 11.7 Å². The topological polar surface area (TPSA) is 99.8 Å². The third-order valence-electron chi connectivity index (χ3n) is 2.74. The van der Waals surface area contributed by atoms with Crippen molar-refractivity contribution in [3.05, 3.63) is 34.8 Å². The number of carbonyl (C=O) groups is 1. The fourth-order valence-corrected chi connectivity index (χ4v) is 1.89. The summed E-state index contributed by atoms with van der Waals surface area (Å²) in [5.74, 6) is -0.0979. The first-order valence-electron chi connectivity index (χ1n) is 5.50. The van der Waals surface area contributed by atoms with Gasteiger partial charge in [-0.2, -0.15) is 5.10 Å². The summed E-state index contributed by atoms with van der Waals surface area (Å²) in [6.07, 6.45) is 1.76. The molecule has 2 aromatic rings. The van der Waals surface area contributed by atoms with Crippen LogP contribution in [0.2, 0.25) is 0 Å². The molecule has 0 aliphatic rings. The highest BCUT2D eigenvalue weighted by Crippen LogP contribution is 2.20. The number of primary amides is 1. The van der Waals surface area contributed by atoms with E-state index in [0.29, 0.717) is 22.8 Å². The van der Waals surface area contributed by atoms with Crippen LogP contribution in [0.15, 0.2) is 12.3 Å². The summed E-state index contributed by atoms with van der Waals surface area (Å²) in [7, 11) is 0. The van der Waals surface area contributed by atoms with Crippen molar-refractivity contribution in [1.82, 2.24) is 14.8 Å². The number of aryl methyl sites for hydroxylation is 3. The van der Waals surface area contributed by atoms with Crippen molar-refractivity contribution in [3.8, 4) is 5.69 Å². The molecule has 0 fully saturated rings. The molecule has 6 heteroatoms. The molecule has 2 heterocycles. The maximum absolute atomic E-state index is 11.5. The molecule has 0 radical (unpaired) electrons. The number of carbonyl (C=O) groups excluding carboxylic acids is 1. The Morgan fingerprint density at radius 3 is 2.50 bits per heavy atom. The number of hydrogen-bond acceptors (Lipinski definition) is 4. The second-order valence-electron chi connectivity index (χ2n) is 4.25. The number of nitrogen functional groups attached to an aromatic ring is 1. The molecule has 6 nitrogen and oxygen atoms in total. The third kappa shape index (κ3) is 1.92. The largest absolute Gasteiger partial charge is 0.382 e. The fourth-order valence-electron chi connectivity index (χ4n) is 1.89. The standard InChI is InChI=1S/C12H15N5O/c1-6-5-17(16-11(6)13)9-4-7(2)15-8(3)10(9)12(14)18/h4-5H,1-3H3,(H2,13,16)(H2,14,18). The zero-order valence-corrected chi connectivity index (χ0v) is 10.6. The van der Waals surface area contributed by atoms with E-state index in [9.17, 15) is 4.79 Å². The highest BCUT2D eigenvalue weighted by molar-refractivity contribution is 5.97. The minimum Gasteiger partial charge on any atom is -0.382 e. The molecule has 4 N–H and O–H groups in total. The Balaban J connectivity index is 2.73. The van der Waals surface area contributed by atoms with Crippen LogP contribution >= 0.6 is 0 Å². The van der Waals surface area contributed by atoms with E-state index in [1.54, 1.807) is 23.9 Å². The smallest absolute Gasteiger partial charge is 0.252 e. The predicted molar refractivity (Wildman–Crippen MR) is 68.5 cm³/mol. The number of aromatic nitrogens is 3. The second-order valence-corrected chi connectivity index (χ2v) is 4.25. The number of amides is 1. The van der Waals surface area contributed by atoms with Gasteiger partial charge < -0.3 is 11.5 Å². The molecule has 2 rings (SSSR count). The molecule has 2 aromatic heterocycles. The van der Waals surface area contributed by atoms with Crippen molar-refractivity contribution in [3.63, 3.8) is 0 Å². The summed E-state index contributed by atoms with van der Waals surface area (Å²) in [5, 5.41) is 4.16. The van der Waals surface area contributed by atoms with Gasteiger partial charge in [-0.15, -0.1) is 0 Å². The molecule has 0 aliphatic carbocycles. The number of nitrogens with zero attached hydrogens (tertiary/aromatic N) is 3. The lowest BCUT2D eigenvalue weighted by atomic mass is 10.1. The second kappa shape index (κ2) is 4.14. The maximum atomic E-state index is 11.5. The van der Waals surface area contributed by atoms with Crippen LogP contribution < -0.4 is 11.5 Å². The lowest BCUT2D eigenvalue weighted by Gasteiger charge is -2.10. The molecule has 1 amide bonds. The normalized spacial score (nSPS) is 10.6. The quantitative estimate of drug-likeness (QED) is 0.820. The number of pyridine rings is 1. The van der Waals surface area contributed by atoms with Crippen LogP contribution in [0.4, 0.5) is 5.82 Å². The van der Waals surface area contributed by atoms with Crippen molar-refractivity contribution in [1.29, 1.82) is 0 Å². The minimum atomic E-state index is -0.526. The Bertz CT molecular complexity index is 610. The van der Waals surface area contributed by atoms with Crippen molar-refractivity contribution in [2.45, 2.75) is 20.8 Å². The molecule has 0 aliphatic heterocycles. The molecule has 18 heavy (non-hydrogen) atoms. The van der Waals surface area contributed by atoms with Crippen LogP contribution in [0, 0.1) is 20.8 Å². The van der Waals surface area contributed by atoms with Gasteiger partial charge in [0.2, 0.25) is 0 Å². The zero-order chi connectivity index (χ0) is 13.4. The van der Waals surface area contributed by atoms with Crippen molar-refractivity contribution < 1.29 is 4.79 Å². The SMILES string of the molecule is Cc1cc(-n2cc(C)c(N)n2)c(C(N)=O)c(C)n1. The molecule has 0 bridgehead atoms. The zero-order valence-electron chi connectivity index (χ0n) is 10.6. The van der Waals surface area contributed by atoms with Gasteiger partial charge >= 0.3 is 0 Å². The summed E-state index contributed by atoms with van der Waals surface area (Å²) in [6, 6.07) is 1.76. The van der Waals surface area contributed by atoms with E-state index < -0.39 is 5.91 Å². The summed E-state index contributed by atoms with van der Waals surface area (Å²) in [6.45, 7) is 5.45. The first-order valence-corrected chi connectivity index (χ1v) is 5.50. The lowest BCUT2D eigenvalue weighted by Crippen LogP contribution is -2.18. The van der Waals surface area contributed by atoms with Crippen LogP contribution in [-0.2, 0) is 0 Å². The van der Waals surface area contributed by atoms with Gasteiger partial charge in [0.1, 0.15) is 5.82 Å². The first-order chi connectivity index (χ1) is 8.40. The number of hydrogen-bond donors (Lipinski definition) is 2. The van der Waals surface area contributed by atoms with E-state index in [0.717, 1.165) is 11.3 Å². The summed E-state index contributed by atoms with van der Waals surface area (Å²) in [5.41, 5.74) is 14.3. The fraction of sp³-hybridized carbons (Fsp3) is 0.250. The minimum absolute atomic E-state index is 0.364.